The Bertz CT molecular complexity index is 946. The minimum Gasteiger partial charge on any atom is -0.481 e. The quantitative estimate of drug-likeness (QED) is 0.375. The molecule has 2 heterocycles. The zero-order valence-electron chi connectivity index (χ0n) is 15.0. The summed E-state index contributed by atoms with van der Waals surface area (Å²) in [5, 5.41) is 17.5. The Hall–Kier alpha value is -2.49. The van der Waals surface area contributed by atoms with Gasteiger partial charge in [0.25, 0.3) is 0 Å². The molecular weight excluding hydrogens is 412 g/mol. The van der Waals surface area contributed by atoms with Gasteiger partial charge in [-0.15, -0.1) is 23.1 Å². The first kappa shape index (κ1) is 20.2. The van der Waals surface area contributed by atoms with E-state index in [9.17, 15) is 9.90 Å². The van der Waals surface area contributed by atoms with Crippen molar-refractivity contribution in [3.63, 3.8) is 0 Å². The molecule has 144 valence electrons. The Morgan fingerprint density at radius 3 is 2.71 bits per heavy atom. The van der Waals surface area contributed by atoms with Crippen molar-refractivity contribution in [3.8, 4) is 10.6 Å². The van der Waals surface area contributed by atoms with Crippen LogP contribution in [-0.4, -0.2) is 32.4 Å². The first-order valence-corrected chi connectivity index (χ1v) is 10.9. The topological polar surface area (TPSA) is 87.1 Å². The summed E-state index contributed by atoms with van der Waals surface area (Å²) in [5.41, 5.74) is 1.64. The molecule has 1 aromatic carbocycles. The smallest absolute Gasteiger partial charge is 0.305 e. The van der Waals surface area contributed by atoms with E-state index in [-0.39, 0.29) is 11.5 Å². The van der Waals surface area contributed by atoms with E-state index in [0.717, 1.165) is 21.0 Å². The number of nitrogens with zero attached hydrogens (tertiary/aromatic N) is 2. The van der Waals surface area contributed by atoms with Gasteiger partial charge in [0.15, 0.2) is 5.11 Å². The van der Waals surface area contributed by atoms with E-state index in [4.69, 9.17) is 12.2 Å². The van der Waals surface area contributed by atoms with Crippen molar-refractivity contribution in [1.82, 2.24) is 15.3 Å². The van der Waals surface area contributed by atoms with Crippen LogP contribution in [0.3, 0.4) is 0 Å². The molecule has 0 amide bonds. The van der Waals surface area contributed by atoms with E-state index in [1.54, 1.807) is 29.3 Å². The monoisotopic (exact) mass is 430 g/mol. The average Bonchev–Trinajstić information content (AvgIpc) is 3.22. The molecule has 0 aliphatic carbocycles. The molecule has 28 heavy (non-hydrogen) atoms. The van der Waals surface area contributed by atoms with Crippen LogP contribution in [0.4, 0.5) is 5.95 Å². The Morgan fingerprint density at radius 2 is 2.07 bits per heavy atom. The number of hydrogen-bond acceptors (Lipinski definition) is 6. The first-order chi connectivity index (χ1) is 13.5. The molecule has 3 aromatic rings. The van der Waals surface area contributed by atoms with E-state index in [2.05, 4.69) is 20.6 Å². The number of carbonyl (C=O) groups is 1. The fraction of sp³-hybridized carbons (Fsp3) is 0.158. The van der Waals surface area contributed by atoms with Gasteiger partial charge in [0.2, 0.25) is 5.95 Å². The number of benzene rings is 1. The van der Waals surface area contributed by atoms with Gasteiger partial charge >= 0.3 is 5.97 Å². The molecule has 0 radical (unpaired) electrons. The zero-order chi connectivity index (χ0) is 19.9. The van der Waals surface area contributed by atoms with Crippen molar-refractivity contribution in [1.29, 1.82) is 0 Å². The standard InChI is InChI=1S/C19H18N4O2S3/c1-27-13-6-4-12(5-7-13)15(11-17(24)25)22-19(26)23-18-20-9-8-14(21-18)16-3-2-10-28-16/h2-10,15H,11H2,1H3,(H,24,25)(H2,20,21,22,23,26). The van der Waals surface area contributed by atoms with Gasteiger partial charge in [-0.25, -0.2) is 9.97 Å². The van der Waals surface area contributed by atoms with Crippen molar-refractivity contribution in [3.05, 3.63) is 59.6 Å². The van der Waals surface area contributed by atoms with Crippen LogP contribution in [0.1, 0.15) is 18.0 Å². The van der Waals surface area contributed by atoms with Gasteiger partial charge in [0.05, 0.1) is 23.0 Å². The third-order valence-corrected chi connectivity index (χ3v) is 5.71. The number of hydrogen-bond donors (Lipinski definition) is 3. The van der Waals surface area contributed by atoms with Crippen molar-refractivity contribution in [2.24, 2.45) is 0 Å². The van der Waals surface area contributed by atoms with Gasteiger partial charge < -0.3 is 15.7 Å². The normalized spacial score (nSPS) is 11.6. The maximum absolute atomic E-state index is 11.3. The molecule has 0 bridgehead atoms. The van der Waals surface area contributed by atoms with Gasteiger partial charge in [-0.1, -0.05) is 18.2 Å². The van der Waals surface area contributed by atoms with Crippen molar-refractivity contribution in [2.45, 2.75) is 17.4 Å². The Morgan fingerprint density at radius 1 is 1.29 bits per heavy atom. The Kier molecular flexibility index (Phi) is 6.96. The second kappa shape index (κ2) is 9.63. The summed E-state index contributed by atoms with van der Waals surface area (Å²) in [6.45, 7) is 0. The predicted octanol–water partition coefficient (Wildman–Crippen LogP) is 4.43. The summed E-state index contributed by atoms with van der Waals surface area (Å²) in [7, 11) is 0. The highest BCUT2D eigenvalue weighted by Crippen LogP contribution is 2.23. The molecule has 1 atom stereocenters. The van der Waals surface area contributed by atoms with Crippen LogP contribution in [-0.2, 0) is 4.79 Å². The lowest BCUT2D eigenvalue weighted by Gasteiger charge is -2.19. The molecule has 0 fully saturated rings. The van der Waals surface area contributed by atoms with E-state index < -0.39 is 12.0 Å². The molecule has 3 N–H and O–H groups in total. The van der Waals surface area contributed by atoms with Gasteiger partial charge in [-0.05, 0) is 53.7 Å². The fourth-order valence-electron chi connectivity index (χ4n) is 2.54. The fourth-order valence-corrected chi connectivity index (χ4v) is 3.88. The Balaban J connectivity index is 1.71. The number of aliphatic carboxylic acids is 1. The van der Waals surface area contributed by atoms with Gasteiger partial charge in [0, 0.05) is 11.1 Å². The lowest BCUT2D eigenvalue weighted by molar-refractivity contribution is -0.137. The summed E-state index contributed by atoms with van der Waals surface area (Å²) in [4.78, 5) is 22.1. The van der Waals surface area contributed by atoms with Crippen LogP contribution in [0.25, 0.3) is 10.6 Å². The van der Waals surface area contributed by atoms with E-state index in [0.29, 0.717) is 5.95 Å². The molecule has 0 saturated heterocycles. The second-order valence-electron chi connectivity index (χ2n) is 5.76. The summed E-state index contributed by atoms with van der Waals surface area (Å²) >= 11 is 8.58. The van der Waals surface area contributed by atoms with Gasteiger partial charge in [-0.2, -0.15) is 0 Å². The summed E-state index contributed by atoms with van der Waals surface area (Å²) in [6, 6.07) is 13.0. The largest absolute Gasteiger partial charge is 0.481 e. The van der Waals surface area contributed by atoms with E-state index in [1.807, 2.05) is 54.1 Å². The third-order valence-electron chi connectivity index (χ3n) is 3.86. The van der Waals surface area contributed by atoms with E-state index >= 15 is 0 Å². The lowest BCUT2D eigenvalue weighted by atomic mass is 10.0. The number of anilines is 1. The molecule has 0 saturated carbocycles. The van der Waals surface area contributed by atoms with Crippen LogP contribution in [0.2, 0.25) is 0 Å². The van der Waals surface area contributed by atoms with Crippen molar-refractivity contribution < 1.29 is 9.90 Å². The van der Waals surface area contributed by atoms with Crippen LogP contribution < -0.4 is 10.6 Å². The number of rotatable bonds is 7. The highest BCUT2D eigenvalue weighted by Gasteiger charge is 2.17. The van der Waals surface area contributed by atoms with Crippen molar-refractivity contribution >= 4 is 52.3 Å². The Labute approximate surface area is 176 Å². The zero-order valence-corrected chi connectivity index (χ0v) is 17.4. The second-order valence-corrected chi connectivity index (χ2v) is 8.00. The molecule has 1 unspecified atom stereocenters. The molecule has 0 aliphatic heterocycles. The number of nitrogens with one attached hydrogen (secondary N) is 2. The van der Waals surface area contributed by atoms with Crippen LogP contribution in [0.5, 0.6) is 0 Å². The molecule has 2 aromatic heterocycles. The van der Waals surface area contributed by atoms with Crippen LogP contribution in [0.15, 0.2) is 58.9 Å². The van der Waals surface area contributed by atoms with E-state index in [1.165, 1.54) is 0 Å². The summed E-state index contributed by atoms with van der Waals surface area (Å²) < 4.78 is 0. The predicted molar refractivity (Wildman–Crippen MR) is 118 cm³/mol. The average molecular weight is 431 g/mol. The first-order valence-electron chi connectivity index (χ1n) is 8.35. The molecule has 9 heteroatoms. The lowest BCUT2D eigenvalue weighted by Crippen LogP contribution is -2.34. The van der Waals surface area contributed by atoms with Crippen molar-refractivity contribution in [2.75, 3.05) is 11.6 Å². The van der Waals surface area contributed by atoms with Crippen LogP contribution in [0, 0.1) is 0 Å². The molecule has 6 nitrogen and oxygen atoms in total. The van der Waals surface area contributed by atoms with Crippen LogP contribution >= 0.6 is 35.3 Å². The SMILES string of the molecule is CSc1ccc(C(CC(=O)O)NC(=S)Nc2nccc(-c3cccs3)n2)cc1. The van der Waals surface area contributed by atoms with Gasteiger partial charge in [-0.3, -0.25) is 4.79 Å². The third kappa shape index (κ3) is 5.51. The number of thiophene rings is 1. The highest BCUT2D eigenvalue weighted by molar-refractivity contribution is 7.98. The number of carboxylic acid groups (broad SMARTS) is 1. The molecule has 3 rings (SSSR count). The summed E-state index contributed by atoms with van der Waals surface area (Å²) in [5.74, 6) is -0.555. The molecule has 0 aliphatic rings. The maximum Gasteiger partial charge on any atom is 0.305 e. The summed E-state index contributed by atoms with van der Waals surface area (Å²) in [6.07, 6.45) is 3.55. The minimum atomic E-state index is -0.912. The molecule has 0 spiro atoms. The number of thioether (sulfide) groups is 1. The minimum absolute atomic E-state index is 0.101. The number of thiocarbonyl (C=S) groups is 1. The highest BCUT2D eigenvalue weighted by atomic mass is 32.2. The van der Waals surface area contributed by atoms with Gasteiger partial charge in [0.1, 0.15) is 0 Å². The maximum atomic E-state index is 11.3. The molecular formula is C19H18N4O2S3. The number of carboxylic acids is 1. The number of aromatic nitrogens is 2.